The van der Waals surface area contributed by atoms with Gasteiger partial charge in [0.15, 0.2) is 6.10 Å². The lowest BCUT2D eigenvalue weighted by atomic mass is 10.0. The van der Waals surface area contributed by atoms with Gasteiger partial charge in [0.1, 0.15) is 13.2 Å². The van der Waals surface area contributed by atoms with E-state index in [1.807, 2.05) is 21.1 Å². The van der Waals surface area contributed by atoms with E-state index >= 15 is 0 Å². The van der Waals surface area contributed by atoms with Crippen LogP contribution >= 0.6 is 0 Å². The van der Waals surface area contributed by atoms with Crippen molar-refractivity contribution in [3.63, 3.8) is 0 Å². The molecular weight excluding hydrogens is 1040 g/mol. The van der Waals surface area contributed by atoms with E-state index in [2.05, 4.69) is 98.9 Å². The summed E-state index contributed by atoms with van der Waals surface area (Å²) < 4.78 is 22.9. The molecule has 0 aromatic heterocycles. The summed E-state index contributed by atoms with van der Waals surface area (Å²) >= 11 is 0. The molecular formula is C75H134NO8+. The normalized spacial score (nSPS) is 13.2. The molecule has 0 spiro atoms. The van der Waals surface area contributed by atoms with Crippen molar-refractivity contribution >= 4 is 17.9 Å². The Balaban J connectivity index is 4.11. The van der Waals surface area contributed by atoms with E-state index in [-0.39, 0.29) is 32.2 Å². The number of carbonyl (C=O) groups excluding carboxylic acids is 2. The number of aliphatic carboxylic acids is 1. The van der Waals surface area contributed by atoms with Crippen molar-refractivity contribution in [2.75, 3.05) is 47.5 Å². The SMILES string of the molecule is CC/C=C\C/C=C\C/C=C\C/C=C\C/C=C\C/C=C\C/C=C\CCCCCC(=O)OC(COC(=O)CCCCCCCCCCCCCCCCCCCCCCCCCCCCCCCCCCCC)COC(OCC[N+](C)(C)C)C(=O)O. The number of hydrogen-bond acceptors (Lipinski definition) is 7. The quantitative estimate of drug-likeness (QED) is 0.0211. The number of likely N-dealkylation sites (N-methyl/N-ethyl adjacent to an activating group) is 1. The maximum absolute atomic E-state index is 12.9. The molecule has 0 saturated carbocycles. The molecule has 1 N–H and O–H groups in total. The number of carboxylic acid groups (broad SMARTS) is 1. The van der Waals surface area contributed by atoms with Gasteiger partial charge in [-0.2, -0.15) is 0 Å². The maximum atomic E-state index is 12.9. The molecule has 2 atom stereocenters. The zero-order valence-electron chi connectivity index (χ0n) is 55.6. The number of carboxylic acids is 1. The van der Waals surface area contributed by atoms with Crippen molar-refractivity contribution < 1.29 is 42.9 Å². The van der Waals surface area contributed by atoms with Crippen molar-refractivity contribution in [3.8, 4) is 0 Å². The Morgan fingerprint density at radius 2 is 0.679 bits per heavy atom. The number of nitrogens with zero attached hydrogens (tertiary/aromatic N) is 1. The number of esters is 2. The number of unbranched alkanes of at least 4 members (excludes halogenated alkanes) is 36. The Hall–Kier alpha value is -3.53. The molecule has 0 aliphatic carbocycles. The lowest BCUT2D eigenvalue weighted by Crippen LogP contribution is -2.40. The molecule has 0 saturated heterocycles. The third kappa shape index (κ3) is 66.0. The van der Waals surface area contributed by atoms with E-state index in [1.54, 1.807) is 0 Å². The van der Waals surface area contributed by atoms with Crippen molar-refractivity contribution in [3.05, 3.63) is 85.1 Å². The highest BCUT2D eigenvalue weighted by Gasteiger charge is 2.25. The first-order valence-electron chi connectivity index (χ1n) is 35.3. The van der Waals surface area contributed by atoms with Crippen LogP contribution in [0.3, 0.4) is 0 Å². The average Bonchev–Trinajstić information content (AvgIpc) is 3.52. The van der Waals surface area contributed by atoms with Crippen LogP contribution in [0.25, 0.3) is 0 Å². The van der Waals surface area contributed by atoms with Gasteiger partial charge in [0.05, 0.1) is 34.4 Å². The van der Waals surface area contributed by atoms with E-state index in [1.165, 1.54) is 199 Å². The maximum Gasteiger partial charge on any atom is 0.361 e. The predicted octanol–water partition coefficient (Wildman–Crippen LogP) is 21.9. The number of rotatable bonds is 65. The van der Waals surface area contributed by atoms with Gasteiger partial charge in [-0.25, -0.2) is 4.79 Å². The minimum absolute atomic E-state index is 0.178. The Labute approximate surface area is 519 Å². The highest BCUT2D eigenvalue weighted by atomic mass is 16.7. The molecule has 0 radical (unpaired) electrons. The fourth-order valence-electron chi connectivity index (χ4n) is 10.1. The van der Waals surface area contributed by atoms with E-state index < -0.39 is 24.3 Å². The standard InChI is InChI=1S/C75H133NO8/c1-6-8-10-12-14-16-18-20-22-24-26-28-30-32-33-34-35-36-37-38-39-40-42-43-45-47-49-51-53-55-57-59-61-63-65-72(77)82-69-71(70-83-75(74(79)80)81-68-67-76(3,4)5)84-73(78)66-64-62-60-58-56-54-52-50-48-46-44-41-31-29-27-25-23-21-19-17-15-13-11-9-7-2/h9,11,15,17,21,23,27,29,41,44,48,50,54,56,71,75H,6-8,10,12-14,16,18-20,22,24-26,28,30-40,42-43,45-47,49,51-53,55,57-70H2,1-5H3/p+1/b11-9-,17-15-,23-21-,29-27-,44-41-,50-48-,56-54-. The predicted molar refractivity (Wildman–Crippen MR) is 359 cm³/mol. The third-order valence-electron chi connectivity index (χ3n) is 15.4. The molecule has 0 amide bonds. The molecule has 0 aliphatic heterocycles. The summed E-state index contributed by atoms with van der Waals surface area (Å²) in [6.45, 7) is 4.76. The fraction of sp³-hybridized carbons (Fsp3) is 0.773. The molecule has 2 unspecified atom stereocenters. The smallest absolute Gasteiger partial charge is 0.361 e. The Kier molecular flexibility index (Phi) is 62.7. The van der Waals surface area contributed by atoms with Crippen LogP contribution in [0.4, 0.5) is 0 Å². The highest BCUT2D eigenvalue weighted by Crippen LogP contribution is 2.18. The van der Waals surface area contributed by atoms with E-state index in [0.29, 0.717) is 23.9 Å². The zero-order chi connectivity index (χ0) is 61.2. The van der Waals surface area contributed by atoms with Crippen LogP contribution in [-0.2, 0) is 33.3 Å². The summed E-state index contributed by atoms with van der Waals surface area (Å²) in [5.41, 5.74) is 0. The number of quaternary nitrogens is 1. The largest absolute Gasteiger partial charge is 0.477 e. The molecule has 486 valence electrons. The van der Waals surface area contributed by atoms with Gasteiger partial charge in [-0.3, -0.25) is 9.59 Å². The molecule has 0 aromatic carbocycles. The summed E-state index contributed by atoms with van der Waals surface area (Å²) in [6.07, 6.45) is 85.7. The lowest BCUT2D eigenvalue weighted by molar-refractivity contribution is -0.870. The van der Waals surface area contributed by atoms with E-state index in [9.17, 15) is 19.5 Å². The molecule has 9 heteroatoms. The Morgan fingerprint density at radius 1 is 0.369 bits per heavy atom. The van der Waals surface area contributed by atoms with Crippen LogP contribution in [0.1, 0.15) is 316 Å². The van der Waals surface area contributed by atoms with Crippen LogP contribution in [0, 0.1) is 0 Å². The topological polar surface area (TPSA) is 108 Å². The molecule has 0 aromatic rings. The van der Waals surface area contributed by atoms with Gasteiger partial charge in [0.25, 0.3) is 6.29 Å². The van der Waals surface area contributed by atoms with Crippen molar-refractivity contribution in [1.29, 1.82) is 0 Å². The first-order chi connectivity index (χ1) is 41.1. The second-order valence-corrected chi connectivity index (χ2v) is 24.8. The summed E-state index contributed by atoms with van der Waals surface area (Å²) in [6, 6.07) is 0. The molecule has 0 heterocycles. The van der Waals surface area contributed by atoms with Crippen LogP contribution in [-0.4, -0.2) is 87.4 Å². The van der Waals surface area contributed by atoms with Crippen molar-refractivity contribution in [2.24, 2.45) is 0 Å². The number of ether oxygens (including phenoxy) is 4. The van der Waals surface area contributed by atoms with Crippen molar-refractivity contribution in [1.82, 2.24) is 0 Å². The molecule has 84 heavy (non-hydrogen) atoms. The summed E-state index contributed by atoms with van der Waals surface area (Å²) in [5.74, 6) is -2.04. The molecule has 0 rings (SSSR count). The van der Waals surface area contributed by atoms with Gasteiger partial charge >= 0.3 is 17.9 Å². The number of allylic oxidation sites excluding steroid dienone is 14. The van der Waals surface area contributed by atoms with Gasteiger partial charge in [-0.15, -0.1) is 0 Å². The summed E-state index contributed by atoms with van der Waals surface area (Å²) in [7, 11) is 5.96. The monoisotopic (exact) mass is 1180 g/mol. The molecule has 0 aliphatic rings. The third-order valence-corrected chi connectivity index (χ3v) is 15.4. The van der Waals surface area contributed by atoms with Gasteiger partial charge in [0, 0.05) is 12.8 Å². The lowest BCUT2D eigenvalue weighted by Gasteiger charge is -2.25. The minimum atomic E-state index is -1.52. The number of hydrogen-bond donors (Lipinski definition) is 1. The molecule has 0 fully saturated rings. The first-order valence-corrected chi connectivity index (χ1v) is 35.3. The average molecular weight is 1180 g/mol. The molecule has 0 bridgehead atoms. The summed E-state index contributed by atoms with van der Waals surface area (Å²) in [4.78, 5) is 37.6. The van der Waals surface area contributed by atoms with Gasteiger partial charge in [-0.05, 0) is 70.6 Å². The van der Waals surface area contributed by atoms with Crippen molar-refractivity contribution in [2.45, 2.75) is 328 Å². The fourth-order valence-corrected chi connectivity index (χ4v) is 10.1. The summed E-state index contributed by atoms with van der Waals surface area (Å²) in [5, 5.41) is 9.74. The highest BCUT2D eigenvalue weighted by molar-refractivity contribution is 5.71. The Morgan fingerprint density at radius 3 is 1.01 bits per heavy atom. The molecule has 9 nitrogen and oxygen atoms in total. The van der Waals surface area contributed by atoms with Crippen LogP contribution in [0.2, 0.25) is 0 Å². The minimum Gasteiger partial charge on any atom is -0.477 e. The van der Waals surface area contributed by atoms with Crippen LogP contribution < -0.4 is 0 Å². The van der Waals surface area contributed by atoms with Crippen LogP contribution in [0.15, 0.2) is 85.1 Å². The second kappa shape index (κ2) is 65.4. The number of carbonyl (C=O) groups is 3. The van der Waals surface area contributed by atoms with Gasteiger partial charge in [-0.1, -0.05) is 317 Å². The van der Waals surface area contributed by atoms with Gasteiger partial charge in [0.2, 0.25) is 0 Å². The second-order valence-electron chi connectivity index (χ2n) is 24.8. The zero-order valence-corrected chi connectivity index (χ0v) is 55.6. The Bertz CT molecular complexity index is 1650. The van der Waals surface area contributed by atoms with E-state index in [4.69, 9.17) is 18.9 Å². The van der Waals surface area contributed by atoms with Gasteiger partial charge < -0.3 is 28.5 Å². The van der Waals surface area contributed by atoms with E-state index in [0.717, 1.165) is 83.5 Å². The van der Waals surface area contributed by atoms with Crippen LogP contribution in [0.5, 0.6) is 0 Å². The first kappa shape index (κ1) is 80.5.